The van der Waals surface area contributed by atoms with E-state index in [1.54, 1.807) is 0 Å². The molecule has 0 radical (unpaired) electrons. The van der Waals surface area contributed by atoms with E-state index in [2.05, 4.69) is 34.5 Å². The molecule has 1 atom stereocenters. The van der Waals surface area contributed by atoms with Crippen LogP contribution in [0.5, 0.6) is 0 Å². The van der Waals surface area contributed by atoms with Crippen molar-refractivity contribution < 1.29 is 4.79 Å². The Labute approximate surface area is 114 Å². The fraction of sp³-hybridized carbons (Fsp3) is 0.562. The molecule has 1 saturated carbocycles. The minimum absolute atomic E-state index is 0.309. The van der Waals surface area contributed by atoms with Crippen molar-refractivity contribution in [1.29, 1.82) is 0 Å². The van der Waals surface area contributed by atoms with Gasteiger partial charge in [-0.25, -0.2) is 0 Å². The standard InChI is InChI=1S/C16H20N2O/c19-15(14-9-16(14)5-7-17-8-6-16)18-10-12-3-1-2-4-13(12)11-18/h1-4,14,17H,5-11H2. The summed E-state index contributed by atoms with van der Waals surface area (Å²) in [5, 5.41) is 3.40. The quantitative estimate of drug-likeness (QED) is 0.832. The van der Waals surface area contributed by atoms with Crippen LogP contribution in [0.25, 0.3) is 0 Å². The number of rotatable bonds is 1. The molecule has 2 fully saturated rings. The van der Waals surface area contributed by atoms with E-state index in [0.29, 0.717) is 17.2 Å². The van der Waals surface area contributed by atoms with Crippen LogP contribution < -0.4 is 5.32 Å². The summed E-state index contributed by atoms with van der Waals surface area (Å²) in [5.74, 6) is 0.710. The number of benzene rings is 1. The van der Waals surface area contributed by atoms with Crippen LogP contribution in [0.1, 0.15) is 30.4 Å². The minimum atomic E-state index is 0.309. The van der Waals surface area contributed by atoms with Crippen LogP contribution in [0.3, 0.4) is 0 Å². The summed E-state index contributed by atoms with van der Waals surface area (Å²) in [5.41, 5.74) is 3.02. The van der Waals surface area contributed by atoms with E-state index in [0.717, 1.165) is 32.6 Å². The van der Waals surface area contributed by atoms with E-state index in [1.807, 2.05) is 0 Å². The summed E-state index contributed by atoms with van der Waals surface area (Å²) in [6.45, 7) is 3.81. The Morgan fingerprint density at radius 3 is 2.42 bits per heavy atom. The second-order valence-electron chi connectivity index (χ2n) is 6.33. The largest absolute Gasteiger partial charge is 0.334 e. The van der Waals surface area contributed by atoms with Gasteiger partial charge in [-0.3, -0.25) is 4.79 Å². The molecule has 1 saturated heterocycles. The number of piperidine rings is 1. The molecule has 1 spiro atoms. The number of hydrogen-bond donors (Lipinski definition) is 1. The molecule has 1 aromatic carbocycles. The third kappa shape index (κ3) is 1.79. The van der Waals surface area contributed by atoms with E-state index >= 15 is 0 Å². The summed E-state index contributed by atoms with van der Waals surface area (Å²) in [6.07, 6.45) is 3.49. The topological polar surface area (TPSA) is 32.3 Å². The Bertz CT molecular complexity index is 494. The molecule has 4 rings (SSSR count). The van der Waals surface area contributed by atoms with Gasteiger partial charge in [0, 0.05) is 19.0 Å². The van der Waals surface area contributed by atoms with Crippen molar-refractivity contribution in [2.75, 3.05) is 13.1 Å². The minimum Gasteiger partial charge on any atom is -0.334 e. The highest BCUT2D eigenvalue weighted by atomic mass is 16.2. The molecule has 3 heteroatoms. The number of amides is 1. The molecule has 1 N–H and O–H groups in total. The summed E-state index contributed by atoms with van der Waals surface area (Å²) in [4.78, 5) is 14.7. The van der Waals surface area contributed by atoms with E-state index in [9.17, 15) is 4.79 Å². The zero-order chi connectivity index (χ0) is 12.9. The van der Waals surface area contributed by atoms with Gasteiger partial charge in [0.15, 0.2) is 0 Å². The highest BCUT2D eigenvalue weighted by Crippen LogP contribution is 2.59. The molecule has 0 bridgehead atoms. The van der Waals surface area contributed by atoms with Gasteiger partial charge >= 0.3 is 0 Å². The maximum Gasteiger partial charge on any atom is 0.226 e. The highest BCUT2D eigenvalue weighted by Gasteiger charge is 2.58. The van der Waals surface area contributed by atoms with Gasteiger partial charge < -0.3 is 10.2 Å². The molecule has 3 nitrogen and oxygen atoms in total. The average Bonchev–Trinajstić information content (AvgIpc) is 2.96. The summed E-state index contributed by atoms with van der Waals surface area (Å²) < 4.78 is 0. The number of hydrogen-bond acceptors (Lipinski definition) is 2. The predicted molar refractivity (Wildman–Crippen MR) is 73.3 cm³/mol. The Morgan fingerprint density at radius 2 is 1.79 bits per heavy atom. The van der Waals surface area contributed by atoms with E-state index in [4.69, 9.17) is 0 Å². The van der Waals surface area contributed by atoms with Crippen molar-refractivity contribution >= 4 is 5.91 Å². The van der Waals surface area contributed by atoms with Crippen molar-refractivity contribution in [3.05, 3.63) is 35.4 Å². The first-order valence-electron chi connectivity index (χ1n) is 7.35. The van der Waals surface area contributed by atoms with Gasteiger partial charge in [0.05, 0.1) is 0 Å². The van der Waals surface area contributed by atoms with Crippen molar-refractivity contribution in [1.82, 2.24) is 10.2 Å². The number of nitrogens with zero attached hydrogens (tertiary/aromatic N) is 1. The molecule has 1 unspecified atom stereocenters. The van der Waals surface area contributed by atoms with Gasteiger partial charge in [-0.1, -0.05) is 24.3 Å². The molecular formula is C16H20N2O. The van der Waals surface area contributed by atoms with Crippen molar-refractivity contribution in [2.24, 2.45) is 11.3 Å². The van der Waals surface area contributed by atoms with Crippen LogP contribution in [-0.2, 0) is 17.9 Å². The third-order valence-electron chi connectivity index (χ3n) is 5.24. The van der Waals surface area contributed by atoms with E-state index in [1.165, 1.54) is 24.0 Å². The van der Waals surface area contributed by atoms with Gasteiger partial charge in [0.2, 0.25) is 5.91 Å². The van der Waals surface area contributed by atoms with Gasteiger partial charge in [0.1, 0.15) is 0 Å². The van der Waals surface area contributed by atoms with Crippen molar-refractivity contribution in [3.63, 3.8) is 0 Å². The maximum atomic E-state index is 12.7. The van der Waals surface area contributed by atoms with E-state index < -0.39 is 0 Å². The number of carbonyl (C=O) groups excluding carboxylic acids is 1. The number of nitrogens with one attached hydrogen (secondary N) is 1. The normalized spacial score (nSPS) is 27.4. The van der Waals surface area contributed by atoms with Crippen LogP contribution in [-0.4, -0.2) is 23.9 Å². The average molecular weight is 256 g/mol. The second kappa shape index (κ2) is 4.07. The smallest absolute Gasteiger partial charge is 0.226 e. The summed E-state index contributed by atoms with van der Waals surface area (Å²) >= 11 is 0. The Morgan fingerprint density at radius 1 is 1.16 bits per heavy atom. The lowest BCUT2D eigenvalue weighted by molar-refractivity contribution is -0.134. The van der Waals surface area contributed by atoms with Gasteiger partial charge in [-0.05, 0) is 48.9 Å². The molecule has 100 valence electrons. The Hall–Kier alpha value is -1.35. The molecular weight excluding hydrogens is 236 g/mol. The lowest BCUT2D eigenvalue weighted by Crippen LogP contribution is -2.34. The van der Waals surface area contributed by atoms with E-state index in [-0.39, 0.29) is 0 Å². The second-order valence-corrected chi connectivity index (χ2v) is 6.33. The van der Waals surface area contributed by atoms with Crippen molar-refractivity contribution in [2.45, 2.75) is 32.4 Å². The first-order valence-corrected chi connectivity index (χ1v) is 7.35. The van der Waals surface area contributed by atoms with Gasteiger partial charge in [0.25, 0.3) is 0 Å². The third-order valence-corrected chi connectivity index (χ3v) is 5.24. The van der Waals surface area contributed by atoms with Crippen molar-refractivity contribution in [3.8, 4) is 0 Å². The molecule has 2 aliphatic heterocycles. The lowest BCUT2D eigenvalue weighted by Gasteiger charge is -2.24. The molecule has 2 heterocycles. The lowest BCUT2D eigenvalue weighted by atomic mass is 9.91. The van der Waals surface area contributed by atoms with Crippen LogP contribution >= 0.6 is 0 Å². The fourth-order valence-corrected chi connectivity index (χ4v) is 3.88. The summed E-state index contributed by atoms with van der Waals surface area (Å²) in [7, 11) is 0. The van der Waals surface area contributed by atoms with Gasteiger partial charge in [-0.2, -0.15) is 0 Å². The molecule has 1 aliphatic carbocycles. The first-order chi connectivity index (χ1) is 9.28. The predicted octanol–water partition coefficient (Wildman–Crippen LogP) is 1.92. The molecule has 1 amide bonds. The van der Waals surface area contributed by atoms with Crippen LogP contribution in [0, 0.1) is 11.3 Å². The monoisotopic (exact) mass is 256 g/mol. The molecule has 3 aliphatic rings. The zero-order valence-electron chi connectivity index (χ0n) is 11.2. The zero-order valence-corrected chi connectivity index (χ0v) is 11.2. The number of carbonyl (C=O) groups is 1. The molecule has 19 heavy (non-hydrogen) atoms. The fourth-order valence-electron chi connectivity index (χ4n) is 3.88. The highest BCUT2D eigenvalue weighted by molar-refractivity contribution is 5.83. The number of fused-ring (bicyclic) bond motifs is 1. The first kappa shape index (κ1) is 11.5. The SMILES string of the molecule is O=C(C1CC12CCNCC2)N1Cc2ccccc2C1. The van der Waals surface area contributed by atoms with Crippen LogP contribution in [0.15, 0.2) is 24.3 Å². The van der Waals surface area contributed by atoms with Crippen LogP contribution in [0.2, 0.25) is 0 Å². The van der Waals surface area contributed by atoms with Gasteiger partial charge in [-0.15, -0.1) is 0 Å². The molecule has 0 aromatic heterocycles. The molecule has 1 aromatic rings. The maximum absolute atomic E-state index is 12.7. The Kier molecular flexibility index (Phi) is 2.46. The van der Waals surface area contributed by atoms with Crippen LogP contribution in [0.4, 0.5) is 0 Å². The Balaban J connectivity index is 1.46. The summed E-state index contributed by atoms with van der Waals surface area (Å²) in [6, 6.07) is 8.43.